The van der Waals surface area contributed by atoms with Crippen LogP contribution in [0.3, 0.4) is 0 Å². The minimum absolute atomic E-state index is 0.00669. The molecule has 2 bridgehead atoms. The molecule has 122 valence electrons. The molecule has 0 spiro atoms. The normalized spacial score (nSPS) is 21.9. The molecule has 0 aromatic heterocycles. The van der Waals surface area contributed by atoms with E-state index < -0.39 is 0 Å². The molecular weight excluding hydrogens is 318 g/mol. The van der Waals surface area contributed by atoms with E-state index >= 15 is 0 Å². The van der Waals surface area contributed by atoms with E-state index in [0.29, 0.717) is 12.2 Å². The monoisotopic (exact) mass is 333 g/mol. The molecule has 0 amide bonds. The maximum Gasteiger partial charge on any atom is 0.128 e. The molecule has 3 aromatic carbocycles. The van der Waals surface area contributed by atoms with Crippen LogP contribution in [0.25, 0.3) is 33.2 Å². The molecule has 0 saturated carbocycles. The molecule has 3 aliphatic rings. The number of nitrogens with zero attached hydrogens (tertiary/aromatic N) is 1. The Bertz CT molecular complexity index is 1370. The van der Waals surface area contributed by atoms with Gasteiger partial charge < -0.3 is 4.74 Å². The van der Waals surface area contributed by atoms with Crippen molar-refractivity contribution in [1.82, 2.24) is 0 Å². The molecule has 1 atom stereocenters. The zero-order valence-corrected chi connectivity index (χ0v) is 14.1. The summed E-state index contributed by atoms with van der Waals surface area (Å²) in [5.74, 6) is 0.962. The van der Waals surface area contributed by atoms with Crippen LogP contribution in [-0.4, -0.2) is 6.61 Å². The van der Waals surface area contributed by atoms with Crippen LogP contribution in [0.4, 0.5) is 0 Å². The van der Waals surface area contributed by atoms with Crippen molar-refractivity contribution in [3.05, 3.63) is 76.7 Å². The highest BCUT2D eigenvalue weighted by Gasteiger charge is 2.38. The maximum atomic E-state index is 9.30. The molecule has 2 aliphatic carbocycles. The summed E-state index contributed by atoms with van der Waals surface area (Å²) in [6.45, 7) is 0.686. The van der Waals surface area contributed by atoms with Crippen molar-refractivity contribution in [3.8, 4) is 11.8 Å². The largest absolute Gasteiger partial charge is 0.492 e. The average Bonchev–Trinajstić information content (AvgIpc) is 2.71. The molecule has 1 heterocycles. The van der Waals surface area contributed by atoms with Crippen LogP contribution in [0, 0.1) is 16.7 Å². The lowest BCUT2D eigenvalue weighted by Gasteiger charge is -2.39. The summed E-state index contributed by atoms with van der Waals surface area (Å²) in [5.41, 5.74) is 2.06. The molecule has 0 fully saturated rings. The van der Waals surface area contributed by atoms with Crippen molar-refractivity contribution < 1.29 is 4.74 Å². The first-order valence-corrected chi connectivity index (χ1v) is 8.92. The quantitative estimate of drug-likeness (QED) is 0.588. The van der Waals surface area contributed by atoms with Crippen molar-refractivity contribution in [2.75, 3.05) is 6.61 Å². The van der Waals surface area contributed by atoms with Crippen molar-refractivity contribution in [1.29, 1.82) is 5.26 Å². The summed E-state index contributed by atoms with van der Waals surface area (Å²) in [5, 5.41) is 16.5. The highest BCUT2D eigenvalue weighted by molar-refractivity contribution is 6.09. The first-order valence-electron chi connectivity index (χ1n) is 8.92. The van der Waals surface area contributed by atoms with Gasteiger partial charge in [-0.3, -0.25) is 0 Å². The second kappa shape index (κ2) is 4.65. The Morgan fingerprint density at radius 3 is 2.85 bits per heavy atom. The minimum Gasteiger partial charge on any atom is -0.492 e. The zero-order chi connectivity index (χ0) is 17.3. The highest BCUT2D eigenvalue weighted by atomic mass is 16.5. The predicted octanol–water partition coefficient (Wildman–Crippen LogP) is 3.70. The first-order chi connectivity index (χ1) is 12.8. The fourth-order valence-corrected chi connectivity index (χ4v) is 4.71. The Morgan fingerprint density at radius 1 is 1.00 bits per heavy atom. The SMILES string of the molecule is N#Cc1ccc2ccc3c4c5c(cc3c2c1)OCC1(C=CC=CC=51)CC=4. The van der Waals surface area contributed by atoms with E-state index in [4.69, 9.17) is 4.74 Å². The van der Waals surface area contributed by atoms with E-state index in [1.54, 1.807) is 0 Å². The van der Waals surface area contributed by atoms with E-state index in [2.05, 4.69) is 54.6 Å². The van der Waals surface area contributed by atoms with Gasteiger partial charge in [0.2, 0.25) is 0 Å². The topological polar surface area (TPSA) is 33.0 Å². The molecule has 0 N–H and O–H groups in total. The number of rotatable bonds is 0. The molecule has 3 aromatic rings. The van der Waals surface area contributed by atoms with Gasteiger partial charge in [0, 0.05) is 5.22 Å². The highest BCUT2D eigenvalue weighted by Crippen LogP contribution is 2.42. The lowest BCUT2D eigenvalue weighted by molar-refractivity contribution is 0.224. The molecule has 0 radical (unpaired) electrons. The number of fused-ring (bicyclic) bond motifs is 4. The van der Waals surface area contributed by atoms with Crippen molar-refractivity contribution >= 4 is 33.2 Å². The summed E-state index contributed by atoms with van der Waals surface area (Å²) < 4.78 is 6.25. The Balaban J connectivity index is 1.85. The van der Waals surface area contributed by atoms with Gasteiger partial charge in [-0.05, 0) is 57.0 Å². The van der Waals surface area contributed by atoms with E-state index in [1.807, 2.05) is 18.2 Å². The van der Waals surface area contributed by atoms with Crippen LogP contribution in [0.2, 0.25) is 0 Å². The Morgan fingerprint density at radius 2 is 1.92 bits per heavy atom. The minimum atomic E-state index is -0.00669. The van der Waals surface area contributed by atoms with Gasteiger partial charge in [-0.1, -0.05) is 48.6 Å². The fourth-order valence-electron chi connectivity index (χ4n) is 4.71. The van der Waals surface area contributed by atoms with E-state index in [9.17, 15) is 5.26 Å². The maximum absolute atomic E-state index is 9.30. The van der Waals surface area contributed by atoms with Gasteiger partial charge in [0.15, 0.2) is 0 Å². The standard InChI is InChI=1S/C24H15NO/c25-13-15-4-5-16-6-7-17-18-8-10-24-9-2-1-3-21(24)23(18)22(26-14-24)12-20(17)19(16)11-15/h1-9,11-12H,10,14H2. The van der Waals surface area contributed by atoms with Gasteiger partial charge in [-0.25, -0.2) is 0 Å². The van der Waals surface area contributed by atoms with Gasteiger partial charge in [-0.2, -0.15) is 5.26 Å². The Kier molecular flexibility index (Phi) is 2.49. The smallest absolute Gasteiger partial charge is 0.128 e. The van der Waals surface area contributed by atoms with Crippen LogP contribution < -0.4 is 15.2 Å². The zero-order valence-electron chi connectivity index (χ0n) is 14.1. The lowest BCUT2D eigenvalue weighted by atomic mass is 9.70. The number of nitriles is 1. The van der Waals surface area contributed by atoms with Gasteiger partial charge in [0.05, 0.1) is 17.0 Å². The van der Waals surface area contributed by atoms with Gasteiger partial charge in [0.1, 0.15) is 12.4 Å². The number of benzene rings is 3. The lowest BCUT2D eigenvalue weighted by Crippen LogP contribution is -2.46. The van der Waals surface area contributed by atoms with E-state index in [-0.39, 0.29) is 5.41 Å². The second-order valence-corrected chi connectivity index (χ2v) is 7.36. The van der Waals surface area contributed by atoms with Crippen LogP contribution in [0.5, 0.6) is 5.75 Å². The number of ether oxygens (including phenoxy) is 1. The molecule has 1 unspecified atom stereocenters. The van der Waals surface area contributed by atoms with Crippen LogP contribution in [0.15, 0.2) is 60.7 Å². The van der Waals surface area contributed by atoms with Crippen LogP contribution in [0.1, 0.15) is 12.0 Å². The Labute approximate surface area is 150 Å². The number of allylic oxidation sites excluding steroid dienone is 3. The first kappa shape index (κ1) is 13.9. The number of hydrogen-bond donors (Lipinski definition) is 0. The molecule has 2 nitrogen and oxygen atoms in total. The summed E-state index contributed by atoms with van der Waals surface area (Å²) >= 11 is 0. The van der Waals surface area contributed by atoms with Crippen LogP contribution >= 0.6 is 0 Å². The third kappa shape index (κ3) is 1.61. The Hall–Kier alpha value is -3.31. The molecule has 26 heavy (non-hydrogen) atoms. The number of hydrogen-bond acceptors (Lipinski definition) is 2. The van der Waals surface area contributed by atoms with E-state index in [1.165, 1.54) is 21.4 Å². The van der Waals surface area contributed by atoms with Gasteiger partial charge in [0.25, 0.3) is 0 Å². The van der Waals surface area contributed by atoms with Gasteiger partial charge >= 0.3 is 0 Å². The molecule has 2 heteroatoms. The predicted molar refractivity (Wildman–Crippen MR) is 104 cm³/mol. The van der Waals surface area contributed by atoms with Crippen molar-refractivity contribution in [2.45, 2.75) is 6.42 Å². The van der Waals surface area contributed by atoms with E-state index in [0.717, 1.165) is 28.3 Å². The van der Waals surface area contributed by atoms with Crippen LogP contribution in [-0.2, 0) is 0 Å². The van der Waals surface area contributed by atoms with Crippen molar-refractivity contribution in [3.63, 3.8) is 0 Å². The summed E-state index contributed by atoms with van der Waals surface area (Å²) in [6, 6.07) is 14.7. The third-order valence-electron chi connectivity index (χ3n) is 6.02. The average molecular weight is 333 g/mol. The molecular formula is C24H15NO. The summed E-state index contributed by atoms with van der Waals surface area (Å²) in [6.07, 6.45) is 12.1. The third-order valence-corrected chi connectivity index (χ3v) is 6.02. The van der Waals surface area contributed by atoms with Gasteiger partial charge in [-0.15, -0.1) is 0 Å². The molecule has 1 aliphatic heterocycles. The second-order valence-electron chi connectivity index (χ2n) is 7.36. The summed E-state index contributed by atoms with van der Waals surface area (Å²) in [7, 11) is 0. The molecule has 6 rings (SSSR count). The fraction of sp³-hybridized carbons (Fsp3) is 0.125. The molecule has 0 saturated heterocycles. The van der Waals surface area contributed by atoms with Crippen molar-refractivity contribution in [2.24, 2.45) is 5.41 Å². The summed E-state index contributed by atoms with van der Waals surface area (Å²) in [4.78, 5) is 0.